The Morgan fingerprint density at radius 2 is 2.28 bits per heavy atom. The fourth-order valence-corrected chi connectivity index (χ4v) is 2.52. The minimum atomic E-state index is -2.95. The molecule has 140 valence electrons. The molecule has 1 aliphatic heterocycles. The van der Waals surface area contributed by atoms with Crippen LogP contribution in [0, 0.1) is 0 Å². The molecule has 0 spiro atoms. The van der Waals surface area contributed by atoms with Crippen LogP contribution in [0.15, 0.2) is 18.2 Å². The van der Waals surface area contributed by atoms with Gasteiger partial charge in [-0.1, -0.05) is 6.92 Å². The molecule has 0 unspecified atom stereocenters. The quantitative estimate of drug-likeness (QED) is 0.745. The first-order chi connectivity index (χ1) is 12.0. The van der Waals surface area contributed by atoms with Gasteiger partial charge in [0.1, 0.15) is 17.5 Å². The van der Waals surface area contributed by atoms with Gasteiger partial charge >= 0.3 is 6.61 Å². The van der Waals surface area contributed by atoms with Crippen molar-refractivity contribution in [1.82, 2.24) is 10.6 Å². The topological polar surface area (TPSA) is 68.8 Å². The summed E-state index contributed by atoms with van der Waals surface area (Å²) in [6, 6.07) is 4.21. The zero-order chi connectivity index (χ0) is 18.2. The van der Waals surface area contributed by atoms with Crippen molar-refractivity contribution < 1.29 is 27.8 Å². The predicted molar refractivity (Wildman–Crippen MR) is 87.9 cm³/mol. The first-order valence-electron chi connectivity index (χ1n) is 8.34. The van der Waals surface area contributed by atoms with Crippen LogP contribution in [0.3, 0.4) is 0 Å². The van der Waals surface area contributed by atoms with Crippen LogP contribution in [0.25, 0.3) is 0 Å². The number of amides is 1. The Hall–Kier alpha value is -1.93. The Labute approximate surface area is 145 Å². The maximum Gasteiger partial charge on any atom is 0.387 e. The van der Waals surface area contributed by atoms with Gasteiger partial charge in [0, 0.05) is 24.7 Å². The van der Waals surface area contributed by atoms with Gasteiger partial charge in [-0.05, 0) is 25.5 Å². The molecule has 2 N–H and O–H groups in total. The Balaban J connectivity index is 2.02. The number of rotatable bonds is 8. The van der Waals surface area contributed by atoms with E-state index in [1.165, 1.54) is 6.07 Å². The summed E-state index contributed by atoms with van der Waals surface area (Å²) in [5, 5.41) is 5.80. The van der Waals surface area contributed by atoms with E-state index in [2.05, 4.69) is 15.4 Å². The van der Waals surface area contributed by atoms with E-state index >= 15 is 0 Å². The summed E-state index contributed by atoms with van der Waals surface area (Å²) in [6.07, 6.45) is 0.549. The first kappa shape index (κ1) is 19.4. The minimum absolute atomic E-state index is 0.00944. The van der Waals surface area contributed by atoms with Gasteiger partial charge in [0.05, 0.1) is 19.3 Å². The van der Waals surface area contributed by atoms with Gasteiger partial charge in [-0.2, -0.15) is 8.78 Å². The van der Waals surface area contributed by atoms with Crippen LogP contribution in [0.1, 0.15) is 25.8 Å². The number of nitrogens with one attached hydrogen (secondary N) is 2. The molecule has 0 saturated carbocycles. The third-order valence-electron chi connectivity index (χ3n) is 3.78. The normalized spacial score (nSPS) is 20.4. The van der Waals surface area contributed by atoms with E-state index in [4.69, 9.17) is 9.47 Å². The highest BCUT2D eigenvalue weighted by Gasteiger charge is 2.28. The van der Waals surface area contributed by atoms with Gasteiger partial charge in [-0.25, -0.2) is 0 Å². The molecule has 6 nitrogen and oxygen atoms in total. The van der Waals surface area contributed by atoms with Crippen LogP contribution in [-0.2, 0) is 16.1 Å². The van der Waals surface area contributed by atoms with Gasteiger partial charge in [-0.3, -0.25) is 4.79 Å². The lowest BCUT2D eigenvalue weighted by atomic mass is 10.1. The van der Waals surface area contributed by atoms with Gasteiger partial charge in [0.25, 0.3) is 0 Å². The Bertz CT molecular complexity index is 572. The Morgan fingerprint density at radius 1 is 1.48 bits per heavy atom. The fourth-order valence-electron chi connectivity index (χ4n) is 2.52. The molecule has 1 fully saturated rings. The highest BCUT2D eigenvalue weighted by atomic mass is 19.3. The van der Waals surface area contributed by atoms with E-state index in [0.717, 1.165) is 6.42 Å². The number of benzene rings is 1. The maximum absolute atomic E-state index is 12.6. The smallest absolute Gasteiger partial charge is 0.387 e. The molecule has 25 heavy (non-hydrogen) atoms. The van der Waals surface area contributed by atoms with E-state index in [-0.39, 0.29) is 24.3 Å². The van der Waals surface area contributed by atoms with Crippen molar-refractivity contribution in [3.8, 4) is 11.5 Å². The van der Waals surface area contributed by atoms with E-state index in [1.807, 2.05) is 13.8 Å². The maximum atomic E-state index is 12.6. The summed E-state index contributed by atoms with van der Waals surface area (Å²) in [4.78, 5) is 12.3. The molecule has 8 heteroatoms. The molecule has 0 aliphatic carbocycles. The SMILES string of the molecule is CCCOc1ccc(CNC(=O)[C@H]2NCCO[C@@H]2C)c(OC(F)F)c1. The number of alkyl halides is 2. The highest BCUT2D eigenvalue weighted by molar-refractivity contribution is 5.82. The molecule has 1 aromatic carbocycles. The predicted octanol–water partition coefficient (Wildman–Crippen LogP) is 2.07. The molecule has 2 atom stereocenters. The molecule has 1 aliphatic rings. The highest BCUT2D eigenvalue weighted by Crippen LogP contribution is 2.26. The summed E-state index contributed by atoms with van der Waals surface area (Å²) in [5.41, 5.74) is 0.446. The number of carbonyl (C=O) groups is 1. The van der Waals surface area contributed by atoms with Crippen molar-refractivity contribution in [2.24, 2.45) is 0 Å². The monoisotopic (exact) mass is 358 g/mol. The second kappa shape index (κ2) is 9.53. The zero-order valence-electron chi connectivity index (χ0n) is 14.4. The molecule has 1 amide bonds. The molecule has 1 heterocycles. The van der Waals surface area contributed by atoms with E-state index in [9.17, 15) is 13.6 Å². The second-order valence-electron chi connectivity index (χ2n) is 5.72. The molecular formula is C17H24F2N2O4. The lowest BCUT2D eigenvalue weighted by Gasteiger charge is -2.29. The van der Waals surface area contributed by atoms with Crippen LogP contribution in [0.4, 0.5) is 8.78 Å². The van der Waals surface area contributed by atoms with Crippen molar-refractivity contribution in [2.75, 3.05) is 19.8 Å². The summed E-state index contributed by atoms with van der Waals surface area (Å²) >= 11 is 0. The Morgan fingerprint density at radius 3 is 2.96 bits per heavy atom. The zero-order valence-corrected chi connectivity index (χ0v) is 14.4. The van der Waals surface area contributed by atoms with Crippen molar-refractivity contribution in [2.45, 2.75) is 45.6 Å². The second-order valence-corrected chi connectivity index (χ2v) is 5.72. The third kappa shape index (κ3) is 5.82. The number of hydrogen-bond acceptors (Lipinski definition) is 5. The molecular weight excluding hydrogens is 334 g/mol. The van der Waals surface area contributed by atoms with Crippen LogP contribution in [-0.4, -0.2) is 44.4 Å². The average Bonchev–Trinajstić information content (AvgIpc) is 2.58. The summed E-state index contributed by atoms with van der Waals surface area (Å²) in [7, 11) is 0. The molecule has 0 bridgehead atoms. The standard InChI is InChI=1S/C17H24F2N2O4/c1-3-7-24-13-5-4-12(14(9-13)25-17(18)19)10-21-16(22)15-11(2)23-8-6-20-15/h4-5,9,11,15,17,20H,3,6-8,10H2,1-2H3,(H,21,22)/t11-,15+/m1/s1. The summed E-state index contributed by atoms with van der Waals surface area (Å²) in [5.74, 6) is 0.190. The van der Waals surface area contributed by atoms with Gasteiger partial charge in [0.15, 0.2) is 0 Å². The number of morpholine rings is 1. The van der Waals surface area contributed by atoms with Crippen molar-refractivity contribution in [1.29, 1.82) is 0 Å². The average molecular weight is 358 g/mol. The fraction of sp³-hybridized carbons (Fsp3) is 0.588. The van der Waals surface area contributed by atoms with Crippen molar-refractivity contribution >= 4 is 5.91 Å². The van der Waals surface area contributed by atoms with E-state index in [1.54, 1.807) is 12.1 Å². The van der Waals surface area contributed by atoms with Crippen LogP contribution in [0.2, 0.25) is 0 Å². The minimum Gasteiger partial charge on any atom is -0.493 e. The molecule has 2 rings (SSSR count). The largest absolute Gasteiger partial charge is 0.493 e. The molecule has 0 radical (unpaired) electrons. The van der Waals surface area contributed by atoms with E-state index in [0.29, 0.717) is 31.1 Å². The van der Waals surface area contributed by atoms with Crippen LogP contribution in [0.5, 0.6) is 11.5 Å². The number of ether oxygens (including phenoxy) is 3. The van der Waals surface area contributed by atoms with E-state index < -0.39 is 12.7 Å². The lowest BCUT2D eigenvalue weighted by Crippen LogP contribution is -2.55. The van der Waals surface area contributed by atoms with Crippen LogP contribution >= 0.6 is 0 Å². The number of hydrogen-bond donors (Lipinski definition) is 2. The van der Waals surface area contributed by atoms with Gasteiger partial charge in [-0.15, -0.1) is 0 Å². The molecule has 1 aromatic rings. The number of halogens is 2. The molecule has 0 aromatic heterocycles. The van der Waals surface area contributed by atoms with Crippen molar-refractivity contribution in [3.05, 3.63) is 23.8 Å². The van der Waals surface area contributed by atoms with Gasteiger partial charge in [0.2, 0.25) is 5.91 Å². The summed E-state index contributed by atoms with van der Waals surface area (Å²) in [6.45, 7) is 2.49. The first-order valence-corrected chi connectivity index (χ1v) is 8.34. The van der Waals surface area contributed by atoms with Gasteiger partial charge < -0.3 is 24.8 Å². The van der Waals surface area contributed by atoms with Crippen LogP contribution < -0.4 is 20.1 Å². The summed E-state index contributed by atoms with van der Waals surface area (Å²) < 4.78 is 40.7. The lowest BCUT2D eigenvalue weighted by molar-refractivity contribution is -0.129. The molecule has 1 saturated heterocycles. The van der Waals surface area contributed by atoms with Crippen molar-refractivity contribution in [3.63, 3.8) is 0 Å². The number of carbonyl (C=O) groups excluding carboxylic acids is 1. The third-order valence-corrected chi connectivity index (χ3v) is 3.78. The Kier molecular flexibility index (Phi) is 7.39.